The highest BCUT2D eigenvalue weighted by atomic mass is 16.5. The summed E-state index contributed by atoms with van der Waals surface area (Å²) in [6.07, 6.45) is 5.51. The van der Waals surface area contributed by atoms with Gasteiger partial charge in [-0.15, -0.1) is 0 Å². The van der Waals surface area contributed by atoms with Crippen LogP contribution in [0.1, 0.15) is 69.5 Å². The molecule has 0 bridgehead atoms. The molecular weight excluding hydrogens is 264 g/mol. The normalized spacial score (nSPS) is 26.4. The van der Waals surface area contributed by atoms with Crippen LogP contribution in [0.15, 0.2) is 4.79 Å². The highest BCUT2D eigenvalue weighted by molar-refractivity contribution is 5.20. The quantitative estimate of drug-likeness (QED) is 0.864. The Hall–Kier alpha value is -1.16. The molecule has 1 aliphatic carbocycles. The van der Waals surface area contributed by atoms with Gasteiger partial charge >= 0.3 is 0 Å². The van der Waals surface area contributed by atoms with Gasteiger partial charge in [0.05, 0.1) is 24.5 Å². The van der Waals surface area contributed by atoms with Gasteiger partial charge in [0.2, 0.25) is 0 Å². The third-order valence-electron chi connectivity index (χ3n) is 5.19. The van der Waals surface area contributed by atoms with Crippen LogP contribution in [0.5, 0.6) is 0 Å². The SMILES string of the molecule is CC(C)(C)C1CCC(c2nc3c(c(=O)[nH]2)COCC3)CC1. The van der Waals surface area contributed by atoms with Gasteiger partial charge in [-0.05, 0) is 37.0 Å². The van der Waals surface area contributed by atoms with Crippen molar-refractivity contribution in [2.45, 2.75) is 65.4 Å². The summed E-state index contributed by atoms with van der Waals surface area (Å²) in [6.45, 7) is 8.08. The van der Waals surface area contributed by atoms with Crippen molar-refractivity contribution >= 4 is 0 Å². The number of aromatic nitrogens is 2. The maximum atomic E-state index is 12.2. The topological polar surface area (TPSA) is 55.0 Å². The van der Waals surface area contributed by atoms with E-state index in [4.69, 9.17) is 9.72 Å². The lowest BCUT2D eigenvalue weighted by Crippen LogP contribution is -2.29. The third kappa shape index (κ3) is 3.05. The Morgan fingerprint density at radius 3 is 2.57 bits per heavy atom. The van der Waals surface area contributed by atoms with Crippen molar-refractivity contribution in [1.29, 1.82) is 0 Å². The zero-order valence-electron chi connectivity index (χ0n) is 13.4. The number of H-pyrrole nitrogens is 1. The van der Waals surface area contributed by atoms with Gasteiger partial charge in [0.1, 0.15) is 5.82 Å². The average Bonchev–Trinajstić information content (AvgIpc) is 2.46. The van der Waals surface area contributed by atoms with Crippen molar-refractivity contribution in [1.82, 2.24) is 9.97 Å². The van der Waals surface area contributed by atoms with Crippen LogP contribution in [0.3, 0.4) is 0 Å². The number of aromatic amines is 1. The fourth-order valence-corrected chi connectivity index (χ4v) is 3.69. The van der Waals surface area contributed by atoms with Crippen LogP contribution in [-0.4, -0.2) is 16.6 Å². The number of rotatable bonds is 1. The van der Waals surface area contributed by atoms with E-state index >= 15 is 0 Å². The molecule has 1 fully saturated rings. The molecule has 1 aliphatic heterocycles. The zero-order valence-corrected chi connectivity index (χ0v) is 13.4. The largest absolute Gasteiger partial charge is 0.376 e. The molecule has 0 spiro atoms. The Morgan fingerprint density at radius 1 is 1.19 bits per heavy atom. The first-order valence-electron chi connectivity index (χ1n) is 8.15. The van der Waals surface area contributed by atoms with E-state index in [-0.39, 0.29) is 5.56 Å². The van der Waals surface area contributed by atoms with Crippen molar-refractivity contribution in [3.05, 3.63) is 27.4 Å². The van der Waals surface area contributed by atoms with E-state index in [2.05, 4.69) is 25.8 Å². The molecule has 1 aromatic rings. The van der Waals surface area contributed by atoms with Gasteiger partial charge in [0.25, 0.3) is 5.56 Å². The molecule has 0 unspecified atom stereocenters. The van der Waals surface area contributed by atoms with Crippen LogP contribution in [0, 0.1) is 11.3 Å². The summed E-state index contributed by atoms with van der Waals surface area (Å²) in [5.74, 6) is 2.11. The van der Waals surface area contributed by atoms with Crippen LogP contribution in [0.25, 0.3) is 0 Å². The van der Waals surface area contributed by atoms with Crippen molar-refractivity contribution in [3.8, 4) is 0 Å². The van der Waals surface area contributed by atoms with Crippen molar-refractivity contribution in [3.63, 3.8) is 0 Å². The average molecular weight is 290 g/mol. The lowest BCUT2D eigenvalue weighted by Gasteiger charge is -2.36. The summed E-state index contributed by atoms with van der Waals surface area (Å²) < 4.78 is 5.35. The lowest BCUT2D eigenvalue weighted by atomic mass is 9.69. The number of ether oxygens (including phenoxy) is 1. The fourth-order valence-electron chi connectivity index (χ4n) is 3.69. The molecule has 0 amide bonds. The molecule has 0 atom stereocenters. The summed E-state index contributed by atoms with van der Waals surface area (Å²) in [7, 11) is 0. The van der Waals surface area contributed by atoms with Gasteiger partial charge in [-0.3, -0.25) is 4.79 Å². The predicted molar refractivity (Wildman–Crippen MR) is 82.4 cm³/mol. The van der Waals surface area contributed by atoms with E-state index in [0.717, 1.165) is 42.3 Å². The Labute approximate surface area is 126 Å². The molecule has 0 saturated heterocycles. The molecule has 2 aliphatic rings. The van der Waals surface area contributed by atoms with Crippen LogP contribution >= 0.6 is 0 Å². The van der Waals surface area contributed by atoms with Crippen LogP contribution < -0.4 is 5.56 Å². The Bertz CT molecular complexity index is 563. The molecule has 2 heterocycles. The molecule has 3 rings (SSSR count). The minimum atomic E-state index is 0.00708. The molecule has 0 aromatic carbocycles. The molecule has 0 radical (unpaired) electrons. The summed E-state index contributed by atoms with van der Waals surface area (Å²) in [5, 5.41) is 0. The second-order valence-corrected chi connectivity index (χ2v) is 7.59. The first-order valence-corrected chi connectivity index (χ1v) is 8.15. The van der Waals surface area contributed by atoms with Gasteiger partial charge in [-0.1, -0.05) is 20.8 Å². The molecule has 1 aromatic heterocycles. The third-order valence-corrected chi connectivity index (χ3v) is 5.19. The van der Waals surface area contributed by atoms with Crippen LogP contribution in [0.4, 0.5) is 0 Å². The first-order chi connectivity index (χ1) is 9.95. The maximum Gasteiger partial charge on any atom is 0.256 e. The van der Waals surface area contributed by atoms with E-state index in [9.17, 15) is 4.79 Å². The highest BCUT2D eigenvalue weighted by Crippen LogP contribution is 2.42. The van der Waals surface area contributed by atoms with Crippen molar-refractivity contribution < 1.29 is 4.74 Å². The second-order valence-electron chi connectivity index (χ2n) is 7.59. The van der Waals surface area contributed by atoms with Gasteiger partial charge in [0, 0.05) is 12.3 Å². The summed E-state index contributed by atoms with van der Waals surface area (Å²) in [6, 6.07) is 0. The minimum Gasteiger partial charge on any atom is -0.376 e. The van der Waals surface area contributed by atoms with Gasteiger partial charge < -0.3 is 9.72 Å². The minimum absolute atomic E-state index is 0.00708. The Morgan fingerprint density at radius 2 is 1.90 bits per heavy atom. The van der Waals surface area contributed by atoms with E-state index in [1.54, 1.807) is 0 Å². The fraction of sp³-hybridized carbons (Fsp3) is 0.765. The number of hydrogen-bond acceptors (Lipinski definition) is 3. The second kappa shape index (κ2) is 5.56. The van der Waals surface area contributed by atoms with Crippen LogP contribution in [-0.2, 0) is 17.8 Å². The van der Waals surface area contributed by atoms with Crippen LogP contribution in [0.2, 0.25) is 0 Å². The number of nitrogens with zero attached hydrogens (tertiary/aromatic N) is 1. The molecule has 4 heteroatoms. The number of nitrogens with one attached hydrogen (secondary N) is 1. The van der Waals surface area contributed by atoms with Gasteiger partial charge in [0.15, 0.2) is 0 Å². The van der Waals surface area contributed by atoms with Crippen molar-refractivity contribution in [2.24, 2.45) is 11.3 Å². The van der Waals surface area contributed by atoms with E-state index in [1.807, 2.05) is 0 Å². The highest BCUT2D eigenvalue weighted by Gasteiger charge is 2.31. The lowest BCUT2D eigenvalue weighted by molar-refractivity contribution is 0.107. The monoisotopic (exact) mass is 290 g/mol. The predicted octanol–water partition coefficient (Wildman–Crippen LogP) is 3.16. The number of hydrogen-bond donors (Lipinski definition) is 1. The molecule has 1 saturated carbocycles. The molecule has 4 nitrogen and oxygen atoms in total. The standard InChI is InChI=1S/C17H26N2O2/c1-17(2,3)12-6-4-11(5-7-12)15-18-14-8-9-21-10-13(14)16(20)19-15/h11-12H,4-10H2,1-3H3,(H,18,19,20). The Kier molecular flexibility index (Phi) is 3.91. The smallest absolute Gasteiger partial charge is 0.256 e. The van der Waals surface area contributed by atoms with Crippen molar-refractivity contribution in [2.75, 3.05) is 6.61 Å². The maximum absolute atomic E-state index is 12.2. The molecule has 1 N–H and O–H groups in total. The summed E-state index contributed by atoms with van der Waals surface area (Å²) >= 11 is 0. The molecule has 116 valence electrons. The summed E-state index contributed by atoms with van der Waals surface area (Å²) in [5.41, 5.74) is 2.08. The Balaban J connectivity index is 1.77. The van der Waals surface area contributed by atoms with Gasteiger partial charge in [-0.2, -0.15) is 0 Å². The summed E-state index contributed by atoms with van der Waals surface area (Å²) in [4.78, 5) is 19.9. The van der Waals surface area contributed by atoms with Gasteiger partial charge in [-0.25, -0.2) is 4.98 Å². The molecule has 21 heavy (non-hydrogen) atoms. The van der Waals surface area contributed by atoms with E-state index in [1.165, 1.54) is 12.8 Å². The molecular formula is C17H26N2O2. The number of fused-ring (bicyclic) bond motifs is 1. The zero-order chi connectivity index (χ0) is 15.0. The van der Waals surface area contributed by atoms with E-state index in [0.29, 0.717) is 24.5 Å². The van der Waals surface area contributed by atoms with E-state index < -0.39 is 0 Å². The first kappa shape index (κ1) is 14.8.